The number of unbranched alkanes of at least 4 members (excludes halogenated alkanes) is 30. The lowest BCUT2D eigenvalue weighted by Gasteiger charge is -2.27. The fourth-order valence-corrected chi connectivity index (χ4v) is 8.89. The van der Waals surface area contributed by atoms with Crippen molar-refractivity contribution >= 4 is 19.7 Å². The van der Waals surface area contributed by atoms with Gasteiger partial charge in [0.05, 0.1) is 33.8 Å². The molecule has 0 aliphatic heterocycles. The van der Waals surface area contributed by atoms with Gasteiger partial charge in [0.25, 0.3) is 0 Å². The van der Waals surface area contributed by atoms with E-state index in [4.69, 9.17) is 13.8 Å². The van der Waals surface area contributed by atoms with Gasteiger partial charge < -0.3 is 19.4 Å². The van der Waals surface area contributed by atoms with Gasteiger partial charge in [0.1, 0.15) is 19.3 Å². The molecule has 0 rings (SSSR count). The van der Waals surface area contributed by atoms with Crippen molar-refractivity contribution in [3.05, 3.63) is 60.8 Å². The number of nitrogens with one attached hydrogen (secondary N) is 1. The van der Waals surface area contributed by atoms with Gasteiger partial charge in [-0.1, -0.05) is 223 Å². The number of rotatable bonds is 52. The Balaban J connectivity index is 5.43. The lowest BCUT2D eigenvalue weighted by molar-refractivity contribution is -0.870. The van der Waals surface area contributed by atoms with Gasteiger partial charge >= 0.3 is 13.8 Å². The minimum Gasteiger partial charge on any atom is -0.456 e. The smallest absolute Gasteiger partial charge is 0.456 e. The summed E-state index contributed by atoms with van der Waals surface area (Å²) in [5.41, 5.74) is 0. The summed E-state index contributed by atoms with van der Waals surface area (Å²) < 4.78 is 30.6. The molecule has 0 spiro atoms. The Morgan fingerprint density at radius 3 is 1.30 bits per heavy atom. The molecule has 0 aliphatic rings. The van der Waals surface area contributed by atoms with Crippen molar-refractivity contribution < 1.29 is 37.3 Å². The number of hydrogen-bond donors (Lipinski definition) is 2. The number of nitrogens with zero attached hydrogens (tertiary/aromatic N) is 1. The third kappa shape index (κ3) is 50.6. The van der Waals surface area contributed by atoms with Crippen LogP contribution in [0.5, 0.6) is 0 Å². The van der Waals surface area contributed by atoms with Crippen LogP contribution in [0.25, 0.3) is 0 Å². The number of allylic oxidation sites excluding steroid dienone is 9. The van der Waals surface area contributed by atoms with E-state index in [2.05, 4.69) is 74.7 Å². The van der Waals surface area contributed by atoms with Gasteiger partial charge in [-0.15, -0.1) is 0 Å². The molecule has 70 heavy (non-hydrogen) atoms. The number of esters is 1. The van der Waals surface area contributed by atoms with Crippen LogP contribution in [0, 0.1) is 0 Å². The molecule has 0 saturated carbocycles. The number of quaternary nitrogens is 1. The Labute approximate surface area is 432 Å². The van der Waals surface area contributed by atoms with E-state index >= 15 is 0 Å². The van der Waals surface area contributed by atoms with Crippen molar-refractivity contribution in [2.24, 2.45) is 0 Å². The molecule has 1 amide bonds. The first-order chi connectivity index (χ1) is 33.9. The van der Waals surface area contributed by atoms with Crippen molar-refractivity contribution in [1.29, 1.82) is 0 Å². The maximum atomic E-state index is 13.5. The number of carbonyl (C=O) groups excluding carboxylic acids is 2. The summed E-state index contributed by atoms with van der Waals surface area (Å²) in [7, 11) is 1.47. The lowest BCUT2D eigenvalue weighted by atomic mass is 10.0. The van der Waals surface area contributed by atoms with Crippen molar-refractivity contribution in [1.82, 2.24) is 5.32 Å². The SMILES string of the molecule is CCCCC/C=C/C=C/CCCCCCCCC(=O)OC(/C=C/CCCCCCCCCCCCC)C(COP(=O)(O)OCC[N+](C)(C)C)NC(=O)CCCCC/C=C/C=C/CCCCCCCCC. The summed E-state index contributed by atoms with van der Waals surface area (Å²) in [6.07, 6.45) is 62.1. The molecule has 2 N–H and O–H groups in total. The van der Waals surface area contributed by atoms with Crippen molar-refractivity contribution in [2.75, 3.05) is 40.9 Å². The van der Waals surface area contributed by atoms with E-state index in [1.165, 1.54) is 135 Å². The molecule has 10 heteroatoms. The predicted octanol–water partition coefficient (Wildman–Crippen LogP) is 17.5. The molecular weight excluding hydrogens is 892 g/mol. The summed E-state index contributed by atoms with van der Waals surface area (Å²) in [5, 5.41) is 3.03. The quantitative estimate of drug-likeness (QED) is 0.0156. The fourth-order valence-electron chi connectivity index (χ4n) is 8.16. The average Bonchev–Trinajstić information content (AvgIpc) is 3.32. The van der Waals surface area contributed by atoms with Crippen LogP contribution in [0.1, 0.15) is 258 Å². The van der Waals surface area contributed by atoms with Crippen LogP contribution in [0.15, 0.2) is 60.8 Å². The van der Waals surface area contributed by atoms with Crippen LogP contribution in [0.4, 0.5) is 0 Å². The zero-order valence-corrected chi connectivity index (χ0v) is 47.4. The number of amides is 1. The molecule has 408 valence electrons. The highest BCUT2D eigenvalue weighted by Crippen LogP contribution is 2.43. The summed E-state index contributed by atoms with van der Waals surface area (Å²) in [6, 6.07) is -0.867. The molecule has 0 fully saturated rings. The molecule has 0 radical (unpaired) electrons. The van der Waals surface area contributed by atoms with E-state index < -0.39 is 20.0 Å². The maximum Gasteiger partial charge on any atom is 0.472 e. The van der Waals surface area contributed by atoms with Crippen molar-refractivity contribution in [2.45, 2.75) is 270 Å². The van der Waals surface area contributed by atoms with Gasteiger partial charge in [0.2, 0.25) is 5.91 Å². The first-order valence-electron chi connectivity index (χ1n) is 29.1. The Kier molecular flexibility index (Phi) is 48.6. The predicted molar refractivity (Wildman–Crippen MR) is 300 cm³/mol. The molecule has 0 heterocycles. The van der Waals surface area contributed by atoms with Crippen LogP contribution in [0.2, 0.25) is 0 Å². The average molecular weight is 1000 g/mol. The highest BCUT2D eigenvalue weighted by molar-refractivity contribution is 7.47. The Morgan fingerprint density at radius 2 is 0.857 bits per heavy atom. The van der Waals surface area contributed by atoms with E-state index in [1.54, 1.807) is 0 Å². The molecule has 3 unspecified atom stereocenters. The van der Waals surface area contributed by atoms with Gasteiger partial charge in [-0.3, -0.25) is 18.6 Å². The van der Waals surface area contributed by atoms with Crippen LogP contribution < -0.4 is 5.32 Å². The monoisotopic (exact) mass is 1000 g/mol. The standard InChI is InChI=1S/C60H111N2O7P/c1-7-10-13-16-19-22-25-28-30-32-34-37-40-43-46-49-52-59(63)61-57(56-68-70(65,66)67-55-54-62(4,5)6)58(51-48-45-42-39-36-33-27-24-21-18-15-12-9-3)69-60(64)53-50-47-44-41-38-35-31-29-26-23-20-17-14-11-8-2/h20,23,26,29-30,32,34,37,48,51,57-58H,7-19,21-22,24-25,27-28,31,33,35-36,38-47,49-50,52-56H2,1-6H3,(H-,61,63,65,66)/p+1/b23-20+,29-26+,32-30+,37-34+,51-48+. The number of carbonyl (C=O) groups is 2. The third-order valence-corrected chi connectivity index (χ3v) is 13.7. The Hall–Kier alpha value is -2.29. The molecule has 0 bridgehead atoms. The van der Waals surface area contributed by atoms with Crippen LogP contribution in [0.3, 0.4) is 0 Å². The largest absolute Gasteiger partial charge is 0.472 e. The zero-order chi connectivity index (χ0) is 51.5. The summed E-state index contributed by atoms with van der Waals surface area (Å²) >= 11 is 0. The molecule has 0 aliphatic carbocycles. The minimum atomic E-state index is -4.45. The Morgan fingerprint density at radius 1 is 0.500 bits per heavy atom. The summed E-state index contributed by atoms with van der Waals surface area (Å²) in [6.45, 7) is 6.95. The lowest BCUT2D eigenvalue weighted by Crippen LogP contribution is -2.47. The number of phosphoric ester groups is 1. The zero-order valence-electron chi connectivity index (χ0n) is 46.5. The van der Waals surface area contributed by atoms with Crippen molar-refractivity contribution in [3.8, 4) is 0 Å². The highest BCUT2D eigenvalue weighted by atomic mass is 31.2. The second-order valence-corrected chi connectivity index (χ2v) is 22.3. The number of hydrogen-bond acceptors (Lipinski definition) is 6. The van der Waals surface area contributed by atoms with Gasteiger partial charge in [-0.2, -0.15) is 0 Å². The van der Waals surface area contributed by atoms with Crippen LogP contribution >= 0.6 is 7.82 Å². The van der Waals surface area contributed by atoms with E-state index in [0.29, 0.717) is 23.9 Å². The summed E-state index contributed by atoms with van der Waals surface area (Å²) in [4.78, 5) is 37.6. The molecule has 0 aromatic carbocycles. The van der Waals surface area contributed by atoms with E-state index in [1.807, 2.05) is 33.3 Å². The van der Waals surface area contributed by atoms with Gasteiger partial charge in [-0.25, -0.2) is 4.57 Å². The maximum absolute atomic E-state index is 13.5. The fraction of sp³-hybridized carbons (Fsp3) is 0.800. The second-order valence-electron chi connectivity index (χ2n) is 20.9. The summed E-state index contributed by atoms with van der Waals surface area (Å²) in [5.74, 6) is -0.547. The number of ether oxygens (including phenoxy) is 1. The van der Waals surface area contributed by atoms with Gasteiger partial charge in [0, 0.05) is 12.8 Å². The minimum absolute atomic E-state index is 0.0320. The third-order valence-electron chi connectivity index (χ3n) is 12.7. The molecular formula is C60H112N2O7P+. The number of likely N-dealkylation sites (N-methyl/N-ethyl adjacent to an activating group) is 1. The highest BCUT2D eigenvalue weighted by Gasteiger charge is 2.30. The molecule has 0 aromatic heterocycles. The number of phosphoric acid groups is 1. The topological polar surface area (TPSA) is 111 Å². The van der Waals surface area contributed by atoms with Crippen molar-refractivity contribution in [3.63, 3.8) is 0 Å². The van der Waals surface area contributed by atoms with Gasteiger partial charge in [0.15, 0.2) is 0 Å². The first-order valence-corrected chi connectivity index (χ1v) is 30.6. The van der Waals surface area contributed by atoms with E-state index in [-0.39, 0.29) is 31.5 Å². The molecule has 3 atom stereocenters. The normalized spacial score (nSPS) is 14.2. The molecule has 0 saturated heterocycles. The van der Waals surface area contributed by atoms with Gasteiger partial charge in [-0.05, 0) is 83.1 Å². The first kappa shape index (κ1) is 67.7. The molecule has 0 aromatic rings. The molecule has 9 nitrogen and oxygen atoms in total. The van der Waals surface area contributed by atoms with Crippen LogP contribution in [-0.4, -0.2) is 74.3 Å². The Bertz CT molecular complexity index is 1390. The van der Waals surface area contributed by atoms with Crippen LogP contribution in [-0.2, 0) is 27.9 Å². The van der Waals surface area contributed by atoms with E-state index in [0.717, 1.165) is 83.5 Å². The van der Waals surface area contributed by atoms with E-state index in [9.17, 15) is 19.0 Å². The second kappa shape index (κ2) is 50.3.